The van der Waals surface area contributed by atoms with Crippen LogP contribution in [0.1, 0.15) is 55.6 Å². The highest BCUT2D eigenvalue weighted by Crippen LogP contribution is 2.15. The Kier molecular flexibility index (Phi) is 7.58. The fraction of sp³-hybridized carbons (Fsp3) is 0.476. The number of hydrogen-bond acceptors (Lipinski definition) is 5. The lowest BCUT2D eigenvalue weighted by molar-refractivity contribution is -0.124. The number of esters is 1. The summed E-state index contributed by atoms with van der Waals surface area (Å²) in [5.41, 5.74) is 0.912. The van der Waals surface area contributed by atoms with E-state index >= 15 is 0 Å². The third-order valence-corrected chi connectivity index (χ3v) is 4.55. The molecule has 6 nitrogen and oxygen atoms in total. The van der Waals surface area contributed by atoms with Gasteiger partial charge in [0.2, 0.25) is 5.76 Å². The highest BCUT2D eigenvalue weighted by Gasteiger charge is 2.16. The minimum Gasteiger partial charge on any atom is -0.450 e. The fourth-order valence-corrected chi connectivity index (χ4v) is 2.83. The zero-order chi connectivity index (χ0) is 19.8. The molecule has 0 aliphatic rings. The SMILES string of the molecule is CCCC[C@@H](CC)CNC(=O)COC(=O)c1cc(=O)c2cc(C)ccc2o1. The van der Waals surface area contributed by atoms with Crippen LogP contribution in [0.25, 0.3) is 11.0 Å². The Hall–Kier alpha value is -2.63. The quantitative estimate of drug-likeness (QED) is 0.679. The van der Waals surface area contributed by atoms with E-state index in [1.165, 1.54) is 0 Å². The molecule has 0 aliphatic heterocycles. The first-order chi connectivity index (χ1) is 12.9. The average molecular weight is 373 g/mol. The Balaban J connectivity index is 1.91. The van der Waals surface area contributed by atoms with Crippen LogP contribution >= 0.6 is 0 Å². The topological polar surface area (TPSA) is 85.6 Å². The maximum atomic E-state index is 12.1. The number of carbonyl (C=O) groups is 2. The number of ether oxygens (including phenoxy) is 1. The Morgan fingerprint density at radius 1 is 1.22 bits per heavy atom. The summed E-state index contributed by atoms with van der Waals surface area (Å²) >= 11 is 0. The standard InChI is InChI=1S/C21H27NO5/c1-4-6-7-15(5-2)12-22-20(24)13-26-21(25)19-11-17(23)16-10-14(3)8-9-18(16)27-19/h8-11,15H,4-7,12-13H2,1-3H3,(H,22,24)/t15-/m1/s1. The number of aryl methyl sites for hydroxylation is 1. The van der Waals surface area contributed by atoms with Crippen LogP contribution in [0.5, 0.6) is 0 Å². The molecule has 0 saturated carbocycles. The second-order valence-corrected chi connectivity index (χ2v) is 6.77. The number of fused-ring (bicyclic) bond motifs is 1. The molecule has 6 heteroatoms. The number of nitrogens with one attached hydrogen (secondary N) is 1. The molecule has 1 aromatic carbocycles. The molecular weight excluding hydrogens is 346 g/mol. The van der Waals surface area contributed by atoms with Crippen molar-refractivity contribution in [3.05, 3.63) is 45.8 Å². The first-order valence-corrected chi connectivity index (χ1v) is 9.42. The van der Waals surface area contributed by atoms with Crippen LogP contribution in [-0.2, 0) is 9.53 Å². The number of unbranched alkanes of at least 4 members (excludes halogenated alkanes) is 1. The molecule has 1 amide bonds. The third kappa shape index (κ3) is 5.94. The van der Waals surface area contributed by atoms with Gasteiger partial charge in [0.25, 0.3) is 5.91 Å². The second kappa shape index (κ2) is 9.90. The van der Waals surface area contributed by atoms with E-state index in [1.807, 2.05) is 6.92 Å². The van der Waals surface area contributed by atoms with Crippen molar-refractivity contribution in [3.63, 3.8) is 0 Å². The van der Waals surface area contributed by atoms with Crippen molar-refractivity contribution < 1.29 is 18.7 Å². The predicted molar refractivity (Wildman–Crippen MR) is 104 cm³/mol. The highest BCUT2D eigenvalue weighted by molar-refractivity contribution is 5.90. The van der Waals surface area contributed by atoms with E-state index in [4.69, 9.17) is 9.15 Å². The van der Waals surface area contributed by atoms with Gasteiger partial charge in [-0.15, -0.1) is 0 Å². The van der Waals surface area contributed by atoms with Crippen LogP contribution in [-0.4, -0.2) is 25.0 Å². The monoisotopic (exact) mass is 373 g/mol. The number of hydrogen-bond donors (Lipinski definition) is 1. The normalized spacial score (nSPS) is 12.0. The summed E-state index contributed by atoms with van der Waals surface area (Å²) in [7, 11) is 0. The van der Waals surface area contributed by atoms with Gasteiger partial charge in [0.15, 0.2) is 12.0 Å². The van der Waals surface area contributed by atoms with Gasteiger partial charge in [0.1, 0.15) is 5.58 Å². The molecule has 0 spiro atoms. The molecule has 1 aromatic heterocycles. The Morgan fingerprint density at radius 3 is 2.70 bits per heavy atom. The summed E-state index contributed by atoms with van der Waals surface area (Å²) in [6.07, 6.45) is 4.30. The van der Waals surface area contributed by atoms with Gasteiger partial charge in [-0.25, -0.2) is 4.79 Å². The van der Waals surface area contributed by atoms with E-state index in [1.54, 1.807) is 18.2 Å². The van der Waals surface area contributed by atoms with Crippen molar-refractivity contribution in [2.24, 2.45) is 5.92 Å². The molecule has 2 rings (SSSR count). The van der Waals surface area contributed by atoms with Gasteiger partial charge < -0.3 is 14.5 Å². The molecule has 0 radical (unpaired) electrons. The Labute approximate surface area is 158 Å². The van der Waals surface area contributed by atoms with Crippen LogP contribution in [0, 0.1) is 12.8 Å². The summed E-state index contributed by atoms with van der Waals surface area (Å²) in [5, 5.41) is 3.19. The van der Waals surface area contributed by atoms with Gasteiger partial charge in [-0.05, 0) is 31.4 Å². The maximum absolute atomic E-state index is 12.1. The van der Waals surface area contributed by atoms with E-state index in [2.05, 4.69) is 19.2 Å². The Morgan fingerprint density at radius 2 is 2.00 bits per heavy atom. The summed E-state index contributed by atoms with van der Waals surface area (Å²) in [6.45, 7) is 6.26. The molecular formula is C21H27NO5. The van der Waals surface area contributed by atoms with Crippen LogP contribution in [0.2, 0.25) is 0 Å². The first-order valence-electron chi connectivity index (χ1n) is 9.42. The molecule has 27 heavy (non-hydrogen) atoms. The minimum absolute atomic E-state index is 0.210. The summed E-state index contributed by atoms with van der Waals surface area (Å²) in [6, 6.07) is 6.22. The molecule has 1 heterocycles. The van der Waals surface area contributed by atoms with Crippen molar-refractivity contribution in [1.29, 1.82) is 0 Å². The molecule has 1 N–H and O–H groups in total. The van der Waals surface area contributed by atoms with E-state index in [0.29, 0.717) is 23.4 Å². The van der Waals surface area contributed by atoms with Gasteiger partial charge in [0, 0.05) is 12.6 Å². The number of rotatable bonds is 9. The maximum Gasteiger partial charge on any atom is 0.374 e. The Bertz CT molecular complexity index is 855. The number of carbonyl (C=O) groups excluding carboxylic acids is 2. The molecule has 2 aromatic rings. The largest absolute Gasteiger partial charge is 0.450 e. The van der Waals surface area contributed by atoms with E-state index < -0.39 is 12.6 Å². The molecule has 146 valence electrons. The second-order valence-electron chi connectivity index (χ2n) is 6.77. The van der Waals surface area contributed by atoms with E-state index in [-0.39, 0.29) is 17.1 Å². The lowest BCUT2D eigenvalue weighted by Gasteiger charge is -2.15. The van der Waals surface area contributed by atoms with Crippen molar-refractivity contribution >= 4 is 22.8 Å². The van der Waals surface area contributed by atoms with E-state index in [9.17, 15) is 14.4 Å². The molecule has 0 fully saturated rings. The molecule has 0 unspecified atom stereocenters. The fourth-order valence-electron chi connectivity index (χ4n) is 2.83. The minimum atomic E-state index is -0.831. The van der Waals surface area contributed by atoms with Crippen LogP contribution in [0.4, 0.5) is 0 Å². The predicted octanol–water partition coefficient (Wildman–Crippen LogP) is 3.59. The smallest absolute Gasteiger partial charge is 0.374 e. The van der Waals surface area contributed by atoms with Crippen molar-refractivity contribution in [2.45, 2.75) is 46.5 Å². The zero-order valence-corrected chi connectivity index (χ0v) is 16.2. The van der Waals surface area contributed by atoms with Crippen LogP contribution in [0.3, 0.4) is 0 Å². The summed E-state index contributed by atoms with van der Waals surface area (Å²) in [5.74, 6) is -0.982. The highest BCUT2D eigenvalue weighted by atomic mass is 16.5. The van der Waals surface area contributed by atoms with Gasteiger partial charge in [-0.1, -0.05) is 44.7 Å². The zero-order valence-electron chi connectivity index (χ0n) is 16.2. The molecule has 1 atom stereocenters. The average Bonchev–Trinajstić information content (AvgIpc) is 2.66. The van der Waals surface area contributed by atoms with Crippen molar-refractivity contribution in [2.75, 3.05) is 13.2 Å². The molecule has 0 bridgehead atoms. The van der Waals surface area contributed by atoms with Crippen molar-refractivity contribution in [3.8, 4) is 0 Å². The number of amides is 1. The van der Waals surface area contributed by atoms with Gasteiger partial charge >= 0.3 is 5.97 Å². The third-order valence-electron chi connectivity index (χ3n) is 4.55. The summed E-state index contributed by atoms with van der Waals surface area (Å²) in [4.78, 5) is 36.2. The van der Waals surface area contributed by atoms with Gasteiger partial charge in [0.05, 0.1) is 5.39 Å². The lowest BCUT2D eigenvalue weighted by atomic mass is 9.99. The van der Waals surface area contributed by atoms with Gasteiger partial charge in [-0.3, -0.25) is 9.59 Å². The number of benzene rings is 1. The van der Waals surface area contributed by atoms with Crippen LogP contribution < -0.4 is 10.7 Å². The van der Waals surface area contributed by atoms with Crippen LogP contribution in [0.15, 0.2) is 33.5 Å². The lowest BCUT2D eigenvalue weighted by Crippen LogP contribution is -2.33. The van der Waals surface area contributed by atoms with E-state index in [0.717, 1.165) is 37.3 Å². The summed E-state index contributed by atoms with van der Waals surface area (Å²) < 4.78 is 10.4. The van der Waals surface area contributed by atoms with Gasteiger partial charge in [-0.2, -0.15) is 0 Å². The molecule has 0 saturated heterocycles. The first kappa shape index (κ1) is 20.7. The molecule has 0 aliphatic carbocycles. The van der Waals surface area contributed by atoms with Crippen molar-refractivity contribution in [1.82, 2.24) is 5.32 Å².